The average Bonchev–Trinajstić information content (AvgIpc) is 2.35. The standard InChI is InChI=1S/C16H17BrClN/c1-10-4-6-14(17)13(7-10)16(19)9-12-5-3-11(2)8-15(12)18/h3-8,16H,9,19H2,1-2H3. The predicted octanol–water partition coefficient (Wildman–Crippen LogP) is 4.96. The molecule has 2 aromatic rings. The smallest absolute Gasteiger partial charge is 0.0441 e. The first-order valence-electron chi connectivity index (χ1n) is 6.24. The van der Waals surface area contributed by atoms with Gasteiger partial charge >= 0.3 is 0 Å². The Morgan fingerprint density at radius 2 is 1.74 bits per heavy atom. The van der Waals surface area contributed by atoms with Crippen LogP contribution in [-0.2, 0) is 6.42 Å². The van der Waals surface area contributed by atoms with Crippen molar-refractivity contribution in [2.45, 2.75) is 26.3 Å². The van der Waals surface area contributed by atoms with E-state index >= 15 is 0 Å². The topological polar surface area (TPSA) is 26.0 Å². The Morgan fingerprint density at radius 1 is 1.11 bits per heavy atom. The van der Waals surface area contributed by atoms with Crippen LogP contribution in [0.1, 0.15) is 28.3 Å². The lowest BCUT2D eigenvalue weighted by molar-refractivity contribution is 0.717. The molecule has 0 radical (unpaired) electrons. The molecule has 0 fully saturated rings. The van der Waals surface area contributed by atoms with Crippen molar-refractivity contribution >= 4 is 27.5 Å². The lowest BCUT2D eigenvalue weighted by atomic mass is 9.98. The summed E-state index contributed by atoms with van der Waals surface area (Å²) in [5, 5.41) is 0.791. The molecule has 19 heavy (non-hydrogen) atoms. The van der Waals surface area contributed by atoms with Crippen LogP contribution in [0.4, 0.5) is 0 Å². The molecule has 0 spiro atoms. The van der Waals surface area contributed by atoms with Gasteiger partial charge in [0.2, 0.25) is 0 Å². The molecule has 3 heteroatoms. The van der Waals surface area contributed by atoms with Crippen molar-refractivity contribution in [3.8, 4) is 0 Å². The number of benzene rings is 2. The third kappa shape index (κ3) is 3.59. The Bertz CT molecular complexity index is 595. The largest absolute Gasteiger partial charge is 0.324 e. The molecule has 0 aliphatic carbocycles. The normalized spacial score (nSPS) is 12.5. The molecule has 2 N–H and O–H groups in total. The summed E-state index contributed by atoms with van der Waals surface area (Å²) in [4.78, 5) is 0. The molecule has 0 bridgehead atoms. The molecule has 0 saturated carbocycles. The van der Waals surface area contributed by atoms with Crippen LogP contribution in [0, 0.1) is 13.8 Å². The number of aryl methyl sites for hydroxylation is 2. The molecule has 0 aliphatic heterocycles. The summed E-state index contributed by atoms with van der Waals surface area (Å²) in [5.41, 5.74) is 10.9. The van der Waals surface area contributed by atoms with Gasteiger partial charge in [-0.05, 0) is 49.1 Å². The van der Waals surface area contributed by atoms with Crippen LogP contribution in [0.5, 0.6) is 0 Å². The molecular formula is C16H17BrClN. The van der Waals surface area contributed by atoms with Gasteiger partial charge in [-0.3, -0.25) is 0 Å². The number of hydrogen-bond donors (Lipinski definition) is 1. The molecule has 2 aromatic carbocycles. The van der Waals surface area contributed by atoms with Crippen molar-refractivity contribution < 1.29 is 0 Å². The predicted molar refractivity (Wildman–Crippen MR) is 85.7 cm³/mol. The molecule has 1 unspecified atom stereocenters. The Balaban J connectivity index is 2.25. The van der Waals surface area contributed by atoms with E-state index in [1.165, 1.54) is 11.1 Å². The Labute approximate surface area is 127 Å². The van der Waals surface area contributed by atoms with Crippen LogP contribution in [0.25, 0.3) is 0 Å². The van der Waals surface area contributed by atoms with E-state index in [1.54, 1.807) is 0 Å². The first kappa shape index (κ1) is 14.6. The average molecular weight is 339 g/mol. The van der Waals surface area contributed by atoms with Crippen molar-refractivity contribution in [3.63, 3.8) is 0 Å². The van der Waals surface area contributed by atoms with E-state index < -0.39 is 0 Å². The second kappa shape index (κ2) is 6.08. The van der Waals surface area contributed by atoms with Crippen LogP contribution in [0.2, 0.25) is 5.02 Å². The molecule has 1 atom stereocenters. The lowest BCUT2D eigenvalue weighted by Gasteiger charge is -2.16. The van der Waals surface area contributed by atoms with Gasteiger partial charge in [0.05, 0.1) is 0 Å². The van der Waals surface area contributed by atoms with E-state index in [0.717, 1.165) is 27.0 Å². The zero-order valence-electron chi connectivity index (χ0n) is 11.1. The van der Waals surface area contributed by atoms with Gasteiger partial charge in [-0.1, -0.05) is 57.4 Å². The minimum absolute atomic E-state index is 0.0607. The van der Waals surface area contributed by atoms with Crippen LogP contribution in [0.15, 0.2) is 40.9 Å². The highest BCUT2D eigenvalue weighted by atomic mass is 79.9. The zero-order chi connectivity index (χ0) is 14.0. The fraction of sp³-hybridized carbons (Fsp3) is 0.250. The highest BCUT2D eigenvalue weighted by Crippen LogP contribution is 2.28. The minimum Gasteiger partial charge on any atom is -0.324 e. The SMILES string of the molecule is Cc1ccc(CC(N)c2cc(C)ccc2Br)c(Cl)c1. The van der Waals surface area contributed by atoms with Gasteiger partial charge in [-0.2, -0.15) is 0 Å². The first-order valence-corrected chi connectivity index (χ1v) is 7.41. The van der Waals surface area contributed by atoms with Gasteiger partial charge in [-0.15, -0.1) is 0 Å². The zero-order valence-corrected chi connectivity index (χ0v) is 13.4. The highest BCUT2D eigenvalue weighted by Gasteiger charge is 2.12. The fourth-order valence-electron chi connectivity index (χ4n) is 2.11. The summed E-state index contributed by atoms with van der Waals surface area (Å²) in [6.07, 6.45) is 0.737. The molecule has 100 valence electrons. The van der Waals surface area contributed by atoms with Crippen molar-refractivity contribution in [2.75, 3.05) is 0 Å². The first-order chi connectivity index (χ1) is 8.97. The maximum Gasteiger partial charge on any atom is 0.0441 e. The lowest BCUT2D eigenvalue weighted by Crippen LogP contribution is -2.14. The van der Waals surface area contributed by atoms with E-state index in [9.17, 15) is 0 Å². The Kier molecular flexibility index (Phi) is 4.67. The monoisotopic (exact) mass is 337 g/mol. The van der Waals surface area contributed by atoms with E-state index in [-0.39, 0.29) is 6.04 Å². The molecule has 0 amide bonds. The Morgan fingerprint density at radius 3 is 2.42 bits per heavy atom. The number of rotatable bonds is 3. The second-order valence-electron chi connectivity index (χ2n) is 4.93. The van der Waals surface area contributed by atoms with Crippen LogP contribution >= 0.6 is 27.5 Å². The summed E-state index contributed by atoms with van der Waals surface area (Å²) >= 11 is 9.83. The molecule has 1 nitrogen and oxygen atoms in total. The molecule has 0 saturated heterocycles. The van der Waals surface area contributed by atoms with Gasteiger partial charge < -0.3 is 5.73 Å². The summed E-state index contributed by atoms with van der Waals surface area (Å²) in [5.74, 6) is 0. The summed E-state index contributed by atoms with van der Waals surface area (Å²) in [6.45, 7) is 4.11. The van der Waals surface area contributed by atoms with Crippen LogP contribution in [0.3, 0.4) is 0 Å². The van der Waals surface area contributed by atoms with E-state index in [4.69, 9.17) is 17.3 Å². The van der Waals surface area contributed by atoms with Crippen LogP contribution in [-0.4, -0.2) is 0 Å². The fourth-order valence-corrected chi connectivity index (χ4v) is 2.97. The van der Waals surface area contributed by atoms with Crippen molar-refractivity contribution in [3.05, 3.63) is 68.1 Å². The van der Waals surface area contributed by atoms with E-state index in [1.807, 2.05) is 19.1 Å². The minimum atomic E-state index is -0.0607. The van der Waals surface area contributed by atoms with Crippen molar-refractivity contribution in [1.29, 1.82) is 0 Å². The maximum absolute atomic E-state index is 6.32. The van der Waals surface area contributed by atoms with E-state index in [2.05, 4.69) is 47.1 Å². The Hall–Kier alpha value is -0.830. The third-order valence-corrected chi connectivity index (χ3v) is 4.27. The number of hydrogen-bond acceptors (Lipinski definition) is 1. The molecule has 0 aromatic heterocycles. The number of nitrogens with two attached hydrogens (primary N) is 1. The van der Waals surface area contributed by atoms with Crippen LogP contribution < -0.4 is 5.73 Å². The molecular weight excluding hydrogens is 322 g/mol. The van der Waals surface area contributed by atoms with Gasteiger partial charge in [0, 0.05) is 15.5 Å². The van der Waals surface area contributed by atoms with Gasteiger partial charge in [0.1, 0.15) is 0 Å². The summed E-state index contributed by atoms with van der Waals surface area (Å²) in [6, 6.07) is 12.3. The molecule has 0 heterocycles. The molecule has 2 rings (SSSR count). The van der Waals surface area contributed by atoms with Crippen molar-refractivity contribution in [2.24, 2.45) is 5.73 Å². The van der Waals surface area contributed by atoms with Gasteiger partial charge in [0.25, 0.3) is 0 Å². The second-order valence-corrected chi connectivity index (χ2v) is 6.19. The molecule has 0 aliphatic rings. The van der Waals surface area contributed by atoms with E-state index in [0.29, 0.717) is 0 Å². The summed E-state index contributed by atoms with van der Waals surface area (Å²) in [7, 11) is 0. The van der Waals surface area contributed by atoms with Gasteiger partial charge in [-0.25, -0.2) is 0 Å². The number of halogens is 2. The van der Waals surface area contributed by atoms with Gasteiger partial charge in [0.15, 0.2) is 0 Å². The third-order valence-electron chi connectivity index (χ3n) is 3.20. The maximum atomic E-state index is 6.32. The quantitative estimate of drug-likeness (QED) is 0.841. The van der Waals surface area contributed by atoms with Crippen molar-refractivity contribution in [1.82, 2.24) is 0 Å². The summed E-state index contributed by atoms with van der Waals surface area (Å²) < 4.78 is 1.05. The highest BCUT2D eigenvalue weighted by molar-refractivity contribution is 9.10.